The summed E-state index contributed by atoms with van der Waals surface area (Å²) in [6.45, 7) is 4.14. The summed E-state index contributed by atoms with van der Waals surface area (Å²) in [5.74, 6) is -0.737. The van der Waals surface area contributed by atoms with Crippen molar-refractivity contribution in [1.82, 2.24) is 4.98 Å². The fourth-order valence-corrected chi connectivity index (χ4v) is 1.97. The quantitative estimate of drug-likeness (QED) is 0.902. The van der Waals surface area contributed by atoms with Crippen LogP contribution in [-0.4, -0.2) is 17.9 Å². The zero-order chi connectivity index (χ0) is 15.4. The number of carbonyl (C=O) groups is 1. The van der Waals surface area contributed by atoms with Crippen molar-refractivity contribution in [3.63, 3.8) is 0 Å². The predicted octanol–water partition coefficient (Wildman–Crippen LogP) is 3.64. The number of pyridine rings is 1. The first-order valence-corrected chi connectivity index (χ1v) is 6.76. The summed E-state index contributed by atoms with van der Waals surface area (Å²) in [7, 11) is 1.55. The summed E-state index contributed by atoms with van der Waals surface area (Å²) in [6.07, 6.45) is 1.40. The van der Waals surface area contributed by atoms with E-state index in [0.29, 0.717) is 11.6 Å². The molecule has 0 atom stereocenters. The standard InChI is InChI=1S/C16H18FN3O/c1-10(2)11-5-4-6-12(9-11)20-16(21)13-7-8-19-15(18-3)14(13)17/h4-10H,1-3H3,(H,18,19)(H,20,21). The zero-order valence-corrected chi connectivity index (χ0v) is 12.3. The molecule has 2 rings (SSSR count). The highest BCUT2D eigenvalue weighted by Gasteiger charge is 2.15. The van der Waals surface area contributed by atoms with Crippen LogP contribution < -0.4 is 10.6 Å². The average Bonchev–Trinajstić information content (AvgIpc) is 2.47. The van der Waals surface area contributed by atoms with Crippen LogP contribution in [0, 0.1) is 5.82 Å². The third-order valence-corrected chi connectivity index (χ3v) is 3.18. The van der Waals surface area contributed by atoms with Crippen molar-refractivity contribution >= 4 is 17.4 Å². The molecular weight excluding hydrogens is 269 g/mol. The van der Waals surface area contributed by atoms with E-state index in [1.54, 1.807) is 13.1 Å². The monoisotopic (exact) mass is 287 g/mol. The van der Waals surface area contributed by atoms with E-state index in [9.17, 15) is 9.18 Å². The maximum absolute atomic E-state index is 14.0. The van der Waals surface area contributed by atoms with Gasteiger partial charge in [0.2, 0.25) is 0 Å². The molecule has 110 valence electrons. The zero-order valence-electron chi connectivity index (χ0n) is 12.3. The Morgan fingerprint density at radius 3 is 2.71 bits per heavy atom. The number of halogens is 1. The molecule has 0 unspecified atom stereocenters. The van der Waals surface area contributed by atoms with Gasteiger partial charge in [-0.25, -0.2) is 9.37 Å². The van der Waals surface area contributed by atoms with Gasteiger partial charge in [-0.3, -0.25) is 4.79 Å². The molecule has 4 nitrogen and oxygen atoms in total. The number of rotatable bonds is 4. The summed E-state index contributed by atoms with van der Waals surface area (Å²) < 4.78 is 14.0. The van der Waals surface area contributed by atoms with Crippen molar-refractivity contribution in [2.45, 2.75) is 19.8 Å². The molecule has 1 amide bonds. The Labute approximate surface area is 123 Å². The lowest BCUT2D eigenvalue weighted by Gasteiger charge is -2.10. The average molecular weight is 287 g/mol. The van der Waals surface area contributed by atoms with E-state index >= 15 is 0 Å². The molecule has 0 spiro atoms. The van der Waals surface area contributed by atoms with Crippen LogP contribution in [0.1, 0.15) is 35.7 Å². The van der Waals surface area contributed by atoms with Gasteiger partial charge in [-0.05, 0) is 29.7 Å². The number of amides is 1. The van der Waals surface area contributed by atoms with Gasteiger partial charge in [-0.1, -0.05) is 26.0 Å². The molecule has 5 heteroatoms. The molecule has 0 radical (unpaired) electrons. The molecule has 1 aromatic carbocycles. The molecular formula is C16H18FN3O. The SMILES string of the molecule is CNc1nccc(C(=O)Nc2cccc(C(C)C)c2)c1F. The van der Waals surface area contributed by atoms with Crippen LogP contribution in [0.3, 0.4) is 0 Å². The van der Waals surface area contributed by atoms with Crippen LogP contribution in [0.15, 0.2) is 36.5 Å². The minimum absolute atomic E-state index is 0.0377. The fraction of sp³-hybridized carbons (Fsp3) is 0.250. The van der Waals surface area contributed by atoms with Crippen LogP contribution in [0.4, 0.5) is 15.9 Å². The Morgan fingerprint density at radius 2 is 2.05 bits per heavy atom. The number of hydrogen-bond acceptors (Lipinski definition) is 3. The normalized spacial score (nSPS) is 10.5. The molecule has 0 saturated heterocycles. The van der Waals surface area contributed by atoms with Gasteiger partial charge in [-0.2, -0.15) is 0 Å². The Hall–Kier alpha value is -2.43. The minimum Gasteiger partial charge on any atom is -0.371 e. The summed E-state index contributed by atoms with van der Waals surface area (Å²) >= 11 is 0. The number of anilines is 2. The molecule has 0 fully saturated rings. The van der Waals surface area contributed by atoms with Crippen LogP contribution in [0.2, 0.25) is 0 Å². The Kier molecular flexibility index (Phi) is 4.52. The first-order chi connectivity index (χ1) is 10.0. The number of carbonyl (C=O) groups excluding carboxylic acids is 1. The number of nitrogens with one attached hydrogen (secondary N) is 2. The molecule has 0 bridgehead atoms. The van der Waals surface area contributed by atoms with Crippen molar-refractivity contribution in [3.8, 4) is 0 Å². The molecule has 1 aromatic heterocycles. The van der Waals surface area contributed by atoms with Crippen LogP contribution in [-0.2, 0) is 0 Å². The number of hydrogen-bond donors (Lipinski definition) is 2. The van der Waals surface area contributed by atoms with Gasteiger partial charge in [0.15, 0.2) is 11.6 Å². The van der Waals surface area contributed by atoms with Gasteiger partial charge in [0.1, 0.15) is 0 Å². The van der Waals surface area contributed by atoms with Crippen LogP contribution in [0.25, 0.3) is 0 Å². The van der Waals surface area contributed by atoms with E-state index in [0.717, 1.165) is 5.56 Å². The smallest absolute Gasteiger partial charge is 0.258 e. The van der Waals surface area contributed by atoms with Gasteiger partial charge in [-0.15, -0.1) is 0 Å². The number of aromatic nitrogens is 1. The van der Waals surface area contributed by atoms with Gasteiger partial charge in [0, 0.05) is 18.9 Å². The lowest BCUT2D eigenvalue weighted by Crippen LogP contribution is -2.15. The number of nitrogens with zero attached hydrogens (tertiary/aromatic N) is 1. The lowest BCUT2D eigenvalue weighted by atomic mass is 10.0. The summed E-state index contributed by atoms with van der Waals surface area (Å²) in [5, 5.41) is 5.32. The topological polar surface area (TPSA) is 54.0 Å². The van der Waals surface area contributed by atoms with Gasteiger partial charge >= 0.3 is 0 Å². The van der Waals surface area contributed by atoms with E-state index in [1.807, 2.05) is 18.2 Å². The third kappa shape index (κ3) is 3.37. The van der Waals surface area contributed by atoms with E-state index in [-0.39, 0.29) is 11.4 Å². The molecule has 2 aromatic rings. The van der Waals surface area contributed by atoms with Crippen LogP contribution >= 0.6 is 0 Å². The van der Waals surface area contributed by atoms with Crippen molar-refractivity contribution < 1.29 is 9.18 Å². The molecule has 0 aliphatic heterocycles. The molecule has 21 heavy (non-hydrogen) atoms. The fourth-order valence-electron chi connectivity index (χ4n) is 1.97. The maximum Gasteiger partial charge on any atom is 0.258 e. The van der Waals surface area contributed by atoms with Gasteiger partial charge < -0.3 is 10.6 Å². The highest BCUT2D eigenvalue weighted by Crippen LogP contribution is 2.20. The summed E-state index contributed by atoms with van der Waals surface area (Å²) in [4.78, 5) is 16.0. The third-order valence-electron chi connectivity index (χ3n) is 3.18. The molecule has 0 saturated carbocycles. The molecule has 0 aliphatic carbocycles. The van der Waals surface area contributed by atoms with E-state index in [1.165, 1.54) is 12.3 Å². The summed E-state index contributed by atoms with van der Waals surface area (Å²) in [6, 6.07) is 8.89. The lowest BCUT2D eigenvalue weighted by molar-refractivity contribution is 0.102. The molecule has 1 heterocycles. The number of benzene rings is 1. The van der Waals surface area contributed by atoms with Gasteiger partial charge in [0.05, 0.1) is 5.56 Å². The Balaban J connectivity index is 2.24. The second kappa shape index (κ2) is 6.35. The Morgan fingerprint density at radius 1 is 1.29 bits per heavy atom. The summed E-state index contributed by atoms with van der Waals surface area (Å²) in [5.41, 5.74) is 1.72. The van der Waals surface area contributed by atoms with Crippen molar-refractivity contribution in [1.29, 1.82) is 0 Å². The Bertz CT molecular complexity index is 656. The van der Waals surface area contributed by atoms with Crippen molar-refractivity contribution in [2.75, 3.05) is 17.7 Å². The van der Waals surface area contributed by atoms with Gasteiger partial charge in [0.25, 0.3) is 5.91 Å². The van der Waals surface area contributed by atoms with E-state index in [2.05, 4.69) is 29.5 Å². The van der Waals surface area contributed by atoms with Crippen molar-refractivity contribution in [2.24, 2.45) is 0 Å². The molecule has 0 aliphatic rings. The molecule has 2 N–H and O–H groups in total. The highest BCUT2D eigenvalue weighted by atomic mass is 19.1. The van der Waals surface area contributed by atoms with E-state index < -0.39 is 11.7 Å². The second-order valence-corrected chi connectivity index (χ2v) is 5.01. The van der Waals surface area contributed by atoms with E-state index in [4.69, 9.17) is 0 Å². The predicted molar refractivity (Wildman–Crippen MR) is 82.2 cm³/mol. The first-order valence-electron chi connectivity index (χ1n) is 6.76. The van der Waals surface area contributed by atoms with Crippen LogP contribution in [0.5, 0.6) is 0 Å². The largest absolute Gasteiger partial charge is 0.371 e. The first kappa shape index (κ1) is 15.0. The highest BCUT2D eigenvalue weighted by molar-refractivity contribution is 6.04. The van der Waals surface area contributed by atoms with Crippen molar-refractivity contribution in [3.05, 3.63) is 53.5 Å². The minimum atomic E-state index is -0.655. The second-order valence-electron chi connectivity index (χ2n) is 5.01. The maximum atomic E-state index is 14.0.